The molecule has 5 fully saturated rings. The lowest BCUT2D eigenvalue weighted by Gasteiger charge is -2.63. The fourth-order valence-corrected chi connectivity index (χ4v) is 13.0. The van der Waals surface area contributed by atoms with Crippen LogP contribution in [0.1, 0.15) is 107 Å². The van der Waals surface area contributed by atoms with Crippen molar-refractivity contribution in [3.63, 3.8) is 0 Å². The zero-order chi connectivity index (χ0) is 34.3. The number of alkyl halides is 1. The summed E-state index contributed by atoms with van der Waals surface area (Å²) in [4.78, 5) is 12.0. The second-order valence-electron chi connectivity index (χ2n) is 18.1. The first-order valence-corrected chi connectivity index (χ1v) is 18.0. The molecule has 10 heteroatoms. The number of aliphatic hydroxyl groups excluding tert-OH is 4. The Hall–Kier alpha value is -1.30. The summed E-state index contributed by atoms with van der Waals surface area (Å²) in [5, 5.41) is 43.2. The summed E-state index contributed by atoms with van der Waals surface area (Å²) in [6.07, 6.45) is -0.00142. The first kappa shape index (κ1) is 34.2. The largest absolute Gasteiger partial charge is 0.488 e. The standard InChI is InChI=1S/C37H57FO9/c1-18-15-21(30(33(5,6)38)45-19(2)39)46-28-25(18)34(7)13-14-37-17-36(37)12-11-24(47-31-27(42)26(41)20(40)16-44-31)32(3,4)22(36)9-10-23(37)35(34,8)29(28)43/h18,20-24,26-27,29-31,40-43H,9-17H2,1-8H3. The second kappa shape index (κ2) is 10.6. The van der Waals surface area contributed by atoms with Gasteiger partial charge < -0.3 is 39.4 Å². The van der Waals surface area contributed by atoms with Crippen LogP contribution in [0.4, 0.5) is 4.39 Å². The Kier molecular flexibility index (Phi) is 7.71. The molecule has 15 unspecified atom stereocenters. The SMILES string of the molecule is CC(=O)OC(C1CC(C)C2=C(O1)C(O)C1(C)C3CCC4C(C)(C)C(OC5OCC(O)C(O)C5O)CCC45CC35CCC21C)C(C)(C)F. The number of esters is 1. The monoisotopic (exact) mass is 664 g/mol. The minimum atomic E-state index is -1.81. The normalized spacial score (nSPS) is 52.2. The predicted octanol–water partition coefficient (Wildman–Crippen LogP) is 4.57. The maximum atomic E-state index is 15.4. The third kappa shape index (κ3) is 4.43. The number of rotatable bonds is 5. The van der Waals surface area contributed by atoms with E-state index in [-0.39, 0.29) is 46.2 Å². The first-order chi connectivity index (χ1) is 21.8. The van der Waals surface area contributed by atoms with Crippen LogP contribution in [-0.2, 0) is 23.7 Å². The minimum Gasteiger partial charge on any atom is -0.488 e. The average Bonchev–Trinajstić information content (AvgIpc) is 3.61. The number of aliphatic hydroxyl groups is 4. The van der Waals surface area contributed by atoms with Crippen molar-refractivity contribution in [1.29, 1.82) is 0 Å². The fraction of sp³-hybridized carbons (Fsp3) is 0.919. The maximum Gasteiger partial charge on any atom is 0.303 e. The van der Waals surface area contributed by atoms with Gasteiger partial charge in [-0.2, -0.15) is 0 Å². The van der Waals surface area contributed by atoms with E-state index in [2.05, 4.69) is 34.6 Å². The highest BCUT2D eigenvalue weighted by molar-refractivity contribution is 5.66. The number of halogens is 1. The van der Waals surface area contributed by atoms with Gasteiger partial charge in [-0.25, -0.2) is 4.39 Å². The predicted molar refractivity (Wildman–Crippen MR) is 169 cm³/mol. The van der Waals surface area contributed by atoms with E-state index < -0.39 is 60.0 Å². The molecule has 0 radical (unpaired) electrons. The van der Waals surface area contributed by atoms with Crippen LogP contribution in [0.3, 0.4) is 0 Å². The quantitative estimate of drug-likeness (QED) is 0.246. The Labute approximate surface area is 278 Å². The molecule has 0 aromatic heterocycles. The highest BCUT2D eigenvalue weighted by Gasteiger charge is 2.83. The molecule has 266 valence electrons. The lowest BCUT2D eigenvalue weighted by atomic mass is 9.41. The number of hydrogen-bond acceptors (Lipinski definition) is 9. The molecule has 0 aromatic carbocycles. The number of carbonyl (C=O) groups is 1. The summed E-state index contributed by atoms with van der Waals surface area (Å²) < 4.78 is 39.6. The highest BCUT2D eigenvalue weighted by Crippen LogP contribution is 2.89. The zero-order valence-corrected chi connectivity index (χ0v) is 29.4. The number of allylic oxidation sites excluding steroid dienone is 1. The van der Waals surface area contributed by atoms with Crippen LogP contribution in [0.5, 0.6) is 0 Å². The summed E-state index contributed by atoms with van der Waals surface area (Å²) in [6, 6.07) is 0. The van der Waals surface area contributed by atoms with Gasteiger partial charge in [0.05, 0.1) is 12.7 Å². The molecule has 1 saturated heterocycles. The van der Waals surface area contributed by atoms with E-state index in [0.29, 0.717) is 18.1 Å². The molecule has 2 heterocycles. The first-order valence-electron chi connectivity index (χ1n) is 18.0. The molecule has 7 rings (SSSR count). The van der Waals surface area contributed by atoms with Crippen molar-refractivity contribution < 1.29 is 48.6 Å². The van der Waals surface area contributed by atoms with E-state index in [1.807, 2.05) is 0 Å². The van der Waals surface area contributed by atoms with E-state index in [9.17, 15) is 25.2 Å². The van der Waals surface area contributed by atoms with Crippen LogP contribution in [0.25, 0.3) is 0 Å². The Morgan fingerprint density at radius 2 is 1.64 bits per heavy atom. The van der Waals surface area contributed by atoms with Crippen LogP contribution in [0.15, 0.2) is 11.3 Å². The molecular formula is C37H57FO9. The zero-order valence-electron chi connectivity index (χ0n) is 29.4. The molecule has 5 aliphatic carbocycles. The van der Waals surface area contributed by atoms with Gasteiger partial charge in [0.25, 0.3) is 0 Å². The van der Waals surface area contributed by atoms with Crippen LogP contribution in [0.2, 0.25) is 0 Å². The summed E-state index contributed by atoms with van der Waals surface area (Å²) in [7, 11) is 0. The number of ether oxygens (including phenoxy) is 4. The Morgan fingerprint density at radius 3 is 2.30 bits per heavy atom. The lowest BCUT2D eigenvalue weighted by Crippen LogP contribution is -2.61. The van der Waals surface area contributed by atoms with Crippen molar-refractivity contribution in [2.75, 3.05) is 6.61 Å². The van der Waals surface area contributed by atoms with Gasteiger partial charge in [-0.1, -0.05) is 34.6 Å². The van der Waals surface area contributed by atoms with Gasteiger partial charge in [-0.05, 0) is 105 Å². The van der Waals surface area contributed by atoms with Gasteiger partial charge >= 0.3 is 5.97 Å². The smallest absolute Gasteiger partial charge is 0.303 e. The molecule has 4 N–H and O–H groups in total. The molecule has 7 aliphatic rings. The topological polar surface area (TPSA) is 135 Å². The molecule has 47 heavy (non-hydrogen) atoms. The van der Waals surface area contributed by atoms with Crippen LogP contribution < -0.4 is 0 Å². The van der Waals surface area contributed by atoms with Gasteiger partial charge in [0.2, 0.25) is 0 Å². The highest BCUT2D eigenvalue weighted by atomic mass is 19.1. The van der Waals surface area contributed by atoms with Gasteiger partial charge in [-0.3, -0.25) is 4.79 Å². The van der Waals surface area contributed by atoms with Crippen molar-refractivity contribution in [1.82, 2.24) is 0 Å². The molecule has 0 amide bonds. The van der Waals surface area contributed by atoms with E-state index in [1.54, 1.807) is 0 Å². The summed E-state index contributed by atoms with van der Waals surface area (Å²) in [6.45, 7) is 15.4. The molecule has 15 atom stereocenters. The average molecular weight is 665 g/mol. The van der Waals surface area contributed by atoms with Crippen molar-refractivity contribution in [3.05, 3.63) is 11.3 Å². The summed E-state index contributed by atoms with van der Waals surface area (Å²) in [5.41, 5.74) is -1.32. The van der Waals surface area contributed by atoms with Crippen molar-refractivity contribution in [2.45, 2.75) is 161 Å². The molecule has 2 spiro atoms. The van der Waals surface area contributed by atoms with E-state index >= 15 is 4.39 Å². The number of carbonyl (C=O) groups excluding carboxylic acids is 1. The second-order valence-corrected chi connectivity index (χ2v) is 18.1. The van der Waals surface area contributed by atoms with Gasteiger partial charge in [0.15, 0.2) is 12.4 Å². The van der Waals surface area contributed by atoms with Crippen LogP contribution in [0, 0.1) is 44.8 Å². The lowest BCUT2D eigenvalue weighted by molar-refractivity contribution is -0.303. The van der Waals surface area contributed by atoms with E-state index in [0.717, 1.165) is 44.9 Å². The van der Waals surface area contributed by atoms with Crippen LogP contribution in [-0.4, -0.2) is 87.7 Å². The Morgan fingerprint density at radius 1 is 0.979 bits per heavy atom. The fourth-order valence-electron chi connectivity index (χ4n) is 13.0. The van der Waals surface area contributed by atoms with E-state index in [4.69, 9.17) is 18.9 Å². The van der Waals surface area contributed by atoms with Gasteiger partial charge in [0.1, 0.15) is 41.9 Å². The van der Waals surface area contributed by atoms with Crippen molar-refractivity contribution >= 4 is 5.97 Å². The molecule has 2 aliphatic heterocycles. The summed E-state index contributed by atoms with van der Waals surface area (Å²) in [5.74, 6) is 0.773. The van der Waals surface area contributed by atoms with Gasteiger partial charge in [0, 0.05) is 17.8 Å². The molecule has 4 saturated carbocycles. The van der Waals surface area contributed by atoms with Crippen molar-refractivity contribution in [2.24, 2.45) is 44.8 Å². The molecule has 9 nitrogen and oxygen atoms in total. The molecule has 0 aromatic rings. The Bertz CT molecular complexity index is 1330. The van der Waals surface area contributed by atoms with Gasteiger partial charge in [-0.15, -0.1) is 0 Å². The van der Waals surface area contributed by atoms with Crippen molar-refractivity contribution in [3.8, 4) is 0 Å². The number of hydrogen-bond donors (Lipinski definition) is 4. The third-order valence-electron chi connectivity index (χ3n) is 15.2. The minimum absolute atomic E-state index is 0.0488. The van der Waals surface area contributed by atoms with Crippen LogP contribution >= 0.6 is 0 Å². The van der Waals surface area contributed by atoms with E-state index in [1.165, 1.54) is 26.3 Å². The molecule has 0 bridgehead atoms. The Balaban J connectivity index is 1.15. The number of fused-ring (bicyclic) bond motifs is 3. The maximum absolute atomic E-state index is 15.4. The third-order valence-corrected chi connectivity index (χ3v) is 15.2. The summed E-state index contributed by atoms with van der Waals surface area (Å²) >= 11 is 0. The molecular weight excluding hydrogens is 607 g/mol.